The molecule has 10 heteroatoms. The summed E-state index contributed by atoms with van der Waals surface area (Å²) in [4.78, 5) is 4.89. The summed E-state index contributed by atoms with van der Waals surface area (Å²) in [5.41, 5.74) is 4.34. The van der Waals surface area contributed by atoms with Crippen molar-refractivity contribution < 1.29 is 17.9 Å². The summed E-state index contributed by atoms with van der Waals surface area (Å²) >= 11 is 0. The maximum absolute atomic E-state index is 12.5. The summed E-state index contributed by atoms with van der Waals surface area (Å²) in [5, 5.41) is 15.1. The molecule has 0 amide bonds. The van der Waals surface area contributed by atoms with Crippen LogP contribution in [0.3, 0.4) is 0 Å². The van der Waals surface area contributed by atoms with Gasteiger partial charge in [0.2, 0.25) is 5.95 Å². The second-order valence-electron chi connectivity index (χ2n) is 10.2. The van der Waals surface area contributed by atoms with E-state index in [1.165, 1.54) is 12.1 Å². The van der Waals surface area contributed by atoms with Crippen molar-refractivity contribution >= 4 is 28.4 Å². The minimum atomic E-state index is -4.73. The fraction of sp³-hybridized carbons (Fsp3) is 0.440. The van der Waals surface area contributed by atoms with Gasteiger partial charge in [0.25, 0.3) is 0 Å². The van der Waals surface area contributed by atoms with Gasteiger partial charge in [0.1, 0.15) is 12.3 Å². The van der Waals surface area contributed by atoms with E-state index in [4.69, 9.17) is 4.98 Å². The molecule has 1 saturated carbocycles. The van der Waals surface area contributed by atoms with E-state index in [9.17, 15) is 13.2 Å². The summed E-state index contributed by atoms with van der Waals surface area (Å²) < 4.78 is 43.8. The number of halogens is 3. The predicted octanol–water partition coefficient (Wildman–Crippen LogP) is 7.24. The lowest BCUT2D eigenvalue weighted by atomic mass is 9.70. The summed E-state index contributed by atoms with van der Waals surface area (Å²) in [7, 11) is 0. The molecular formula is C25H27F3N6O. The van der Waals surface area contributed by atoms with Crippen LogP contribution < -0.4 is 10.1 Å². The maximum atomic E-state index is 12.5. The van der Waals surface area contributed by atoms with Gasteiger partial charge in [0.15, 0.2) is 0 Å². The zero-order valence-electron chi connectivity index (χ0n) is 19.8. The molecule has 1 fully saturated rings. The number of fused-ring (bicyclic) bond motifs is 1. The normalized spacial score (nSPS) is 21.8. The van der Waals surface area contributed by atoms with E-state index in [1.54, 1.807) is 12.1 Å². The molecule has 1 aromatic heterocycles. The van der Waals surface area contributed by atoms with Crippen molar-refractivity contribution in [1.29, 1.82) is 0 Å². The summed E-state index contributed by atoms with van der Waals surface area (Å²) in [6.07, 6.45) is -1.54. The number of aromatic nitrogens is 2. The van der Waals surface area contributed by atoms with E-state index in [1.807, 2.05) is 12.1 Å². The average molecular weight is 485 g/mol. The van der Waals surface area contributed by atoms with E-state index >= 15 is 0 Å². The van der Waals surface area contributed by atoms with Crippen molar-refractivity contribution in [1.82, 2.24) is 9.55 Å². The predicted molar refractivity (Wildman–Crippen MR) is 128 cm³/mol. The van der Waals surface area contributed by atoms with Gasteiger partial charge in [-0.25, -0.2) is 4.98 Å². The molecule has 5 rings (SSSR count). The van der Waals surface area contributed by atoms with E-state index in [0.29, 0.717) is 24.1 Å². The third-order valence-corrected chi connectivity index (χ3v) is 6.54. The molecule has 2 aliphatic rings. The first-order valence-corrected chi connectivity index (χ1v) is 11.6. The second kappa shape index (κ2) is 8.66. The van der Waals surface area contributed by atoms with E-state index in [-0.39, 0.29) is 17.2 Å². The average Bonchev–Trinajstić information content (AvgIpc) is 3.40. The minimum absolute atomic E-state index is 0.189. The first kappa shape index (κ1) is 23.3. The van der Waals surface area contributed by atoms with Crippen molar-refractivity contribution in [2.75, 3.05) is 11.9 Å². The zero-order valence-corrected chi connectivity index (χ0v) is 19.8. The Kier molecular flexibility index (Phi) is 5.77. The molecule has 35 heavy (non-hydrogen) atoms. The number of rotatable bonds is 5. The van der Waals surface area contributed by atoms with Crippen molar-refractivity contribution in [2.24, 2.45) is 26.8 Å². The van der Waals surface area contributed by atoms with E-state index < -0.39 is 6.36 Å². The van der Waals surface area contributed by atoms with Crippen molar-refractivity contribution in [3.8, 4) is 5.75 Å². The zero-order chi connectivity index (χ0) is 24.8. The molecule has 2 aromatic carbocycles. The quantitative estimate of drug-likeness (QED) is 0.415. The molecule has 7 nitrogen and oxygen atoms in total. The van der Waals surface area contributed by atoms with Crippen LogP contribution in [-0.4, -0.2) is 28.2 Å². The van der Waals surface area contributed by atoms with Crippen LogP contribution in [0.15, 0.2) is 57.9 Å². The molecule has 0 radical (unpaired) electrons. The highest BCUT2D eigenvalue weighted by Gasteiger charge is 2.35. The van der Waals surface area contributed by atoms with Crippen LogP contribution in [0.4, 0.5) is 24.8 Å². The van der Waals surface area contributed by atoms with E-state index in [0.717, 1.165) is 41.6 Å². The lowest BCUT2D eigenvalue weighted by molar-refractivity contribution is -0.274. The summed E-state index contributed by atoms with van der Waals surface area (Å²) in [6.45, 7) is 7.32. The molecule has 0 saturated heterocycles. The van der Waals surface area contributed by atoms with Gasteiger partial charge >= 0.3 is 6.36 Å². The molecule has 1 aliphatic heterocycles. The maximum Gasteiger partial charge on any atom is 0.573 e. The third-order valence-electron chi connectivity index (χ3n) is 6.54. The summed E-state index contributed by atoms with van der Waals surface area (Å²) in [6, 6.07) is 12.0. The highest BCUT2D eigenvalue weighted by atomic mass is 19.4. The highest BCUT2D eigenvalue weighted by molar-refractivity contribution is 6.04. The molecule has 1 aliphatic carbocycles. The number of benzene rings is 2. The lowest BCUT2D eigenvalue weighted by Gasteiger charge is -2.40. The number of hydrogen-bond acceptors (Lipinski definition) is 6. The van der Waals surface area contributed by atoms with Crippen LogP contribution in [0.1, 0.15) is 51.6 Å². The molecule has 184 valence electrons. The van der Waals surface area contributed by atoms with Crippen LogP contribution in [0.25, 0.3) is 11.0 Å². The Morgan fingerprint density at radius 2 is 1.86 bits per heavy atom. The molecule has 0 spiro atoms. The van der Waals surface area contributed by atoms with Crippen LogP contribution >= 0.6 is 0 Å². The van der Waals surface area contributed by atoms with Gasteiger partial charge in [0.05, 0.1) is 16.7 Å². The second-order valence-corrected chi connectivity index (χ2v) is 10.2. The van der Waals surface area contributed by atoms with Gasteiger partial charge in [-0.05, 0) is 72.2 Å². The van der Waals surface area contributed by atoms with Crippen LogP contribution in [0.2, 0.25) is 0 Å². The Morgan fingerprint density at radius 3 is 2.51 bits per heavy atom. The Morgan fingerprint density at radius 1 is 1.09 bits per heavy atom. The number of imidazole rings is 1. The lowest BCUT2D eigenvalue weighted by Crippen LogP contribution is -2.29. The van der Waals surface area contributed by atoms with Gasteiger partial charge in [-0.2, -0.15) is 5.11 Å². The Bertz CT molecular complexity index is 1290. The summed E-state index contributed by atoms with van der Waals surface area (Å²) in [5.74, 6) is 0.944. The molecule has 2 atom stereocenters. The Labute approximate surface area is 201 Å². The third kappa shape index (κ3) is 5.16. The first-order chi connectivity index (χ1) is 16.6. The molecule has 1 N–H and O–H groups in total. The largest absolute Gasteiger partial charge is 0.573 e. The van der Waals surface area contributed by atoms with Gasteiger partial charge < -0.3 is 14.6 Å². The number of alkyl halides is 3. The number of anilines is 2. The van der Waals surface area contributed by atoms with Gasteiger partial charge in [0, 0.05) is 17.3 Å². The smallest absolute Gasteiger partial charge is 0.406 e. The molecular weight excluding hydrogens is 457 g/mol. The molecule has 2 heterocycles. The Hall–Kier alpha value is -3.43. The van der Waals surface area contributed by atoms with Gasteiger partial charge in [-0.15, -0.1) is 18.3 Å². The number of ether oxygens (including phenoxy) is 1. The van der Waals surface area contributed by atoms with Crippen molar-refractivity contribution in [3.63, 3.8) is 0 Å². The number of nitrogens with one attached hydrogen (secondary N) is 1. The molecule has 3 aromatic rings. The van der Waals surface area contributed by atoms with Crippen LogP contribution in [0, 0.1) is 11.3 Å². The fourth-order valence-corrected chi connectivity index (χ4v) is 5.46. The monoisotopic (exact) mass is 484 g/mol. The van der Waals surface area contributed by atoms with Crippen LogP contribution in [0.5, 0.6) is 5.75 Å². The topological polar surface area (TPSA) is 76.2 Å². The minimum Gasteiger partial charge on any atom is -0.406 e. The van der Waals surface area contributed by atoms with Gasteiger partial charge in [-0.3, -0.25) is 0 Å². The Balaban J connectivity index is 1.52. The van der Waals surface area contributed by atoms with Gasteiger partial charge in [-0.1, -0.05) is 26.8 Å². The van der Waals surface area contributed by atoms with Crippen molar-refractivity contribution in [3.05, 3.63) is 48.0 Å². The molecule has 0 bridgehead atoms. The molecule has 0 unspecified atom stereocenters. The van der Waals surface area contributed by atoms with E-state index in [2.05, 4.69) is 56.9 Å². The number of hydrogen-bond donors (Lipinski definition) is 1. The fourth-order valence-electron chi connectivity index (χ4n) is 5.46. The SMILES string of the molecule is C[C@@H]1C[C@@H](n2c(Nc3ccc(OC(F)(F)F)cc3)nc3cc(C4=NN=NC4)ccc32)CC(C)(C)C1. The standard InChI is InChI=1S/C25H27F3N6O/c1-15-10-18(13-24(2,3)12-15)34-22-9-4-16(21-14-29-33-32-21)11-20(22)31-23(34)30-17-5-7-19(8-6-17)35-25(26,27)28/h4-9,11,15,18H,10,12-14H2,1-3H3,(H,30,31)/t15-,18-/m1/s1. The first-order valence-electron chi connectivity index (χ1n) is 11.6. The van der Waals surface area contributed by atoms with Crippen molar-refractivity contribution in [2.45, 2.75) is 52.4 Å². The highest BCUT2D eigenvalue weighted by Crippen LogP contribution is 2.46. The number of nitrogens with zero attached hydrogens (tertiary/aromatic N) is 5. The van der Waals surface area contributed by atoms with Crippen LogP contribution in [-0.2, 0) is 0 Å².